The fourth-order valence-electron chi connectivity index (χ4n) is 4.17. The number of rotatable bonds is 15. The molecular weight excluding hydrogens is 547 g/mol. The number of fused-ring (bicyclic) bond motifs is 1. The van der Waals surface area contributed by atoms with Gasteiger partial charge < -0.3 is 30.7 Å². The lowest BCUT2D eigenvalue weighted by Crippen LogP contribution is -2.42. The van der Waals surface area contributed by atoms with E-state index in [2.05, 4.69) is 20.5 Å². The number of H-pyrrole nitrogens is 1. The molecule has 8 nitrogen and oxygen atoms in total. The third-order valence-corrected chi connectivity index (χ3v) is 7.97. The van der Waals surface area contributed by atoms with Gasteiger partial charge in [0.1, 0.15) is 11.3 Å². The van der Waals surface area contributed by atoms with Crippen LogP contribution in [-0.4, -0.2) is 71.9 Å². The highest BCUT2D eigenvalue weighted by molar-refractivity contribution is 7.16. The molecule has 5 N–H and O–H groups in total. The number of carbonyl (C=O) groups is 1. The first kappa shape index (κ1) is 30.4. The van der Waals surface area contributed by atoms with Crippen LogP contribution in [0.2, 0.25) is 10.0 Å². The standard InChI is InChI=1S/C27H36Cl2N4O4S/c1-27(2,17-34)16-33(13-9-23(36)31-11-7-18-3-5-20(28)21(29)15-18)14-12-30-10-8-19-4-6-22(35)24-25(19)38-26(37)32-24/h3-6,15,30,34-35H,7-14,16-17H2,1-2H3,(H,31,36)(H,32,37). The molecule has 3 rings (SSSR count). The van der Waals surface area contributed by atoms with Gasteiger partial charge in [-0.1, -0.05) is 60.5 Å². The van der Waals surface area contributed by atoms with E-state index >= 15 is 0 Å². The Hall–Kier alpha value is -2.14. The number of amides is 1. The SMILES string of the molecule is CC(C)(CO)CN(CCNCCc1ccc(O)c2[nH]c(=O)sc12)CCC(=O)NCCc1ccc(Cl)c(Cl)c1. The van der Waals surface area contributed by atoms with E-state index in [0.29, 0.717) is 67.5 Å². The number of aliphatic hydroxyl groups excluding tert-OH is 1. The number of aliphatic hydroxyl groups is 1. The molecule has 1 amide bonds. The molecule has 2 aromatic carbocycles. The van der Waals surface area contributed by atoms with Crippen LogP contribution < -0.4 is 15.5 Å². The van der Waals surface area contributed by atoms with Crippen LogP contribution in [0.25, 0.3) is 10.2 Å². The second-order valence-corrected chi connectivity index (χ2v) is 12.0. The number of thiazole rings is 1. The molecule has 0 unspecified atom stereocenters. The second kappa shape index (κ2) is 14.3. The number of aromatic amines is 1. The van der Waals surface area contributed by atoms with Crippen LogP contribution in [0.1, 0.15) is 31.4 Å². The Morgan fingerprint density at radius 1 is 1.08 bits per heavy atom. The third-order valence-electron chi connectivity index (χ3n) is 6.27. The number of aromatic nitrogens is 1. The lowest BCUT2D eigenvalue weighted by Gasteiger charge is -2.31. The van der Waals surface area contributed by atoms with Crippen LogP contribution in [0, 0.1) is 5.41 Å². The largest absolute Gasteiger partial charge is 0.506 e. The van der Waals surface area contributed by atoms with Gasteiger partial charge in [0.2, 0.25) is 5.91 Å². The summed E-state index contributed by atoms with van der Waals surface area (Å²) in [4.78, 5) is 28.9. The average molecular weight is 584 g/mol. The molecule has 0 aliphatic rings. The zero-order chi connectivity index (χ0) is 27.7. The van der Waals surface area contributed by atoms with Crippen LogP contribution in [0.5, 0.6) is 5.75 Å². The maximum atomic E-state index is 12.5. The number of phenols is 1. The van der Waals surface area contributed by atoms with Crippen molar-refractivity contribution in [2.45, 2.75) is 33.1 Å². The molecule has 0 atom stereocenters. The van der Waals surface area contributed by atoms with Crippen molar-refractivity contribution in [3.05, 3.63) is 61.2 Å². The first-order valence-corrected chi connectivity index (χ1v) is 14.2. The Morgan fingerprint density at radius 3 is 2.61 bits per heavy atom. The van der Waals surface area contributed by atoms with E-state index in [1.807, 2.05) is 32.0 Å². The van der Waals surface area contributed by atoms with Gasteiger partial charge in [0.05, 0.1) is 14.7 Å². The topological polar surface area (TPSA) is 118 Å². The summed E-state index contributed by atoms with van der Waals surface area (Å²) in [6.07, 6.45) is 1.75. The lowest BCUT2D eigenvalue weighted by molar-refractivity contribution is -0.121. The Kier molecular flexibility index (Phi) is 11.4. The quantitative estimate of drug-likeness (QED) is 0.174. The molecule has 3 aromatic rings. The van der Waals surface area contributed by atoms with Crippen LogP contribution >= 0.6 is 34.5 Å². The van der Waals surface area contributed by atoms with Gasteiger partial charge in [-0.05, 0) is 48.7 Å². The second-order valence-electron chi connectivity index (χ2n) is 10.2. The number of benzene rings is 2. The van der Waals surface area contributed by atoms with E-state index in [1.165, 1.54) is 0 Å². The molecule has 0 fully saturated rings. The Bertz CT molecular complexity index is 1280. The minimum absolute atomic E-state index is 0.0216. The number of hydrogen-bond acceptors (Lipinski definition) is 7. The molecule has 0 saturated carbocycles. The van der Waals surface area contributed by atoms with Crippen molar-refractivity contribution < 1.29 is 15.0 Å². The minimum atomic E-state index is -0.284. The zero-order valence-corrected chi connectivity index (χ0v) is 24.1. The Morgan fingerprint density at radius 2 is 1.87 bits per heavy atom. The molecule has 0 spiro atoms. The van der Waals surface area contributed by atoms with Crippen molar-refractivity contribution in [3.8, 4) is 5.75 Å². The summed E-state index contributed by atoms with van der Waals surface area (Å²) in [5.74, 6) is 0.0577. The molecule has 1 aromatic heterocycles. The fraction of sp³-hybridized carbons (Fsp3) is 0.481. The molecule has 0 aliphatic carbocycles. The van der Waals surface area contributed by atoms with Gasteiger partial charge in [0.15, 0.2) is 0 Å². The molecule has 38 heavy (non-hydrogen) atoms. The van der Waals surface area contributed by atoms with Crippen molar-refractivity contribution in [2.24, 2.45) is 5.41 Å². The predicted octanol–water partition coefficient (Wildman–Crippen LogP) is 3.80. The van der Waals surface area contributed by atoms with Gasteiger partial charge >= 0.3 is 4.87 Å². The van der Waals surface area contributed by atoms with Gasteiger partial charge in [-0.25, -0.2) is 0 Å². The van der Waals surface area contributed by atoms with Crippen molar-refractivity contribution in [1.29, 1.82) is 0 Å². The summed E-state index contributed by atoms with van der Waals surface area (Å²) in [6.45, 7) is 7.97. The van der Waals surface area contributed by atoms with E-state index in [-0.39, 0.29) is 28.6 Å². The third kappa shape index (κ3) is 9.25. The first-order chi connectivity index (χ1) is 18.1. The predicted molar refractivity (Wildman–Crippen MR) is 156 cm³/mol. The van der Waals surface area contributed by atoms with E-state index < -0.39 is 0 Å². The summed E-state index contributed by atoms with van der Waals surface area (Å²) in [7, 11) is 0. The Balaban J connectivity index is 1.43. The lowest BCUT2D eigenvalue weighted by atomic mass is 9.94. The van der Waals surface area contributed by atoms with Crippen LogP contribution in [-0.2, 0) is 17.6 Å². The van der Waals surface area contributed by atoms with Crippen molar-refractivity contribution >= 4 is 50.7 Å². The zero-order valence-electron chi connectivity index (χ0n) is 21.8. The number of hydrogen-bond donors (Lipinski definition) is 5. The van der Waals surface area contributed by atoms with Crippen LogP contribution in [0.15, 0.2) is 35.1 Å². The summed E-state index contributed by atoms with van der Waals surface area (Å²) >= 11 is 13.1. The van der Waals surface area contributed by atoms with E-state index in [1.54, 1.807) is 12.1 Å². The van der Waals surface area contributed by atoms with Gasteiger partial charge in [-0.15, -0.1) is 0 Å². The number of phenolic OH excluding ortho intramolecular Hbond substituents is 1. The fourth-order valence-corrected chi connectivity index (χ4v) is 5.39. The molecule has 0 aliphatic heterocycles. The van der Waals surface area contributed by atoms with Crippen LogP contribution in [0.4, 0.5) is 0 Å². The monoisotopic (exact) mass is 582 g/mol. The normalized spacial score (nSPS) is 11.9. The highest BCUT2D eigenvalue weighted by Crippen LogP contribution is 2.28. The molecule has 208 valence electrons. The molecule has 0 radical (unpaired) electrons. The first-order valence-electron chi connectivity index (χ1n) is 12.7. The highest BCUT2D eigenvalue weighted by Gasteiger charge is 2.21. The van der Waals surface area contributed by atoms with Crippen LogP contribution in [0.3, 0.4) is 0 Å². The smallest absolute Gasteiger partial charge is 0.305 e. The van der Waals surface area contributed by atoms with Gasteiger partial charge in [0.25, 0.3) is 0 Å². The highest BCUT2D eigenvalue weighted by atomic mass is 35.5. The van der Waals surface area contributed by atoms with E-state index in [4.69, 9.17) is 23.2 Å². The summed E-state index contributed by atoms with van der Waals surface area (Å²) in [5, 5.41) is 27.1. The minimum Gasteiger partial charge on any atom is -0.506 e. The molecule has 1 heterocycles. The molecule has 11 heteroatoms. The molecular formula is C27H36Cl2N4O4S. The summed E-state index contributed by atoms with van der Waals surface area (Å²) < 4.78 is 0.785. The maximum Gasteiger partial charge on any atom is 0.305 e. The average Bonchev–Trinajstić information content (AvgIpc) is 3.28. The maximum absolute atomic E-state index is 12.5. The van der Waals surface area contributed by atoms with Gasteiger partial charge in [-0.2, -0.15) is 0 Å². The number of aromatic hydroxyl groups is 1. The molecule has 0 bridgehead atoms. The number of nitrogens with one attached hydrogen (secondary N) is 3. The summed E-state index contributed by atoms with van der Waals surface area (Å²) in [5.41, 5.74) is 2.22. The van der Waals surface area contributed by atoms with Gasteiger partial charge in [-0.3, -0.25) is 9.59 Å². The van der Waals surface area contributed by atoms with E-state index in [0.717, 1.165) is 33.7 Å². The van der Waals surface area contributed by atoms with Crippen molar-refractivity contribution in [2.75, 3.05) is 45.9 Å². The van der Waals surface area contributed by atoms with Crippen molar-refractivity contribution in [3.63, 3.8) is 0 Å². The number of nitrogens with zero attached hydrogens (tertiary/aromatic N) is 1. The van der Waals surface area contributed by atoms with Gasteiger partial charge in [0, 0.05) is 51.2 Å². The number of carbonyl (C=O) groups excluding carboxylic acids is 1. The summed E-state index contributed by atoms with van der Waals surface area (Å²) in [6, 6.07) is 8.92. The molecule has 0 saturated heterocycles. The number of halogens is 2. The van der Waals surface area contributed by atoms with E-state index in [9.17, 15) is 19.8 Å². The Labute approximate surface area is 237 Å². The van der Waals surface area contributed by atoms with Crippen molar-refractivity contribution in [1.82, 2.24) is 20.5 Å².